The summed E-state index contributed by atoms with van der Waals surface area (Å²) in [6.07, 6.45) is 1.76. The van der Waals surface area contributed by atoms with Gasteiger partial charge in [-0.05, 0) is 49.9 Å². The molecule has 1 atom stereocenters. The summed E-state index contributed by atoms with van der Waals surface area (Å²) >= 11 is 0. The number of hydrogen-bond acceptors (Lipinski definition) is 4. The van der Waals surface area contributed by atoms with Crippen molar-refractivity contribution in [2.45, 2.75) is 46.1 Å². The van der Waals surface area contributed by atoms with Crippen LogP contribution >= 0.6 is 0 Å². The van der Waals surface area contributed by atoms with Crippen molar-refractivity contribution in [2.24, 2.45) is 0 Å². The Morgan fingerprint density at radius 1 is 1.09 bits per heavy atom. The van der Waals surface area contributed by atoms with Crippen LogP contribution in [-0.2, 0) is 20.7 Å². The van der Waals surface area contributed by atoms with E-state index in [1.807, 2.05) is 43.3 Å². The van der Waals surface area contributed by atoms with E-state index < -0.39 is 12.0 Å². The zero-order chi connectivity index (χ0) is 23.8. The molecule has 0 saturated heterocycles. The van der Waals surface area contributed by atoms with E-state index in [-0.39, 0.29) is 18.5 Å². The van der Waals surface area contributed by atoms with Crippen LogP contribution in [0.5, 0.6) is 0 Å². The Bertz CT molecular complexity index is 1030. The maximum absolute atomic E-state index is 12.8. The lowest BCUT2D eigenvalue weighted by Crippen LogP contribution is -2.48. The predicted octanol–water partition coefficient (Wildman–Crippen LogP) is 4.57. The topological polar surface area (TPSA) is 87.7 Å². The molecular formula is C26H31N3O4. The first-order valence-electron chi connectivity index (χ1n) is 11.3. The molecule has 2 N–H and O–H groups in total. The van der Waals surface area contributed by atoms with Crippen molar-refractivity contribution < 1.29 is 19.1 Å². The van der Waals surface area contributed by atoms with Crippen LogP contribution in [0.2, 0.25) is 0 Å². The van der Waals surface area contributed by atoms with Gasteiger partial charge in [0.15, 0.2) is 0 Å². The Morgan fingerprint density at radius 3 is 2.55 bits per heavy atom. The molecule has 7 heteroatoms. The molecule has 0 aromatic heterocycles. The van der Waals surface area contributed by atoms with Crippen molar-refractivity contribution in [3.05, 3.63) is 77.0 Å². The highest BCUT2D eigenvalue weighted by Gasteiger charge is 2.36. The summed E-state index contributed by atoms with van der Waals surface area (Å²) in [7, 11) is 0. The summed E-state index contributed by atoms with van der Waals surface area (Å²) in [5, 5.41) is 5.85. The minimum absolute atomic E-state index is 0.102. The Labute approximate surface area is 194 Å². The second-order valence-electron chi connectivity index (χ2n) is 7.91. The first-order chi connectivity index (χ1) is 15.9. The highest BCUT2D eigenvalue weighted by molar-refractivity contribution is 5.95. The van der Waals surface area contributed by atoms with Crippen molar-refractivity contribution in [1.82, 2.24) is 10.2 Å². The molecule has 174 valence electrons. The van der Waals surface area contributed by atoms with Gasteiger partial charge in [-0.1, -0.05) is 49.4 Å². The van der Waals surface area contributed by atoms with Crippen LogP contribution in [-0.4, -0.2) is 36.0 Å². The van der Waals surface area contributed by atoms with Gasteiger partial charge >= 0.3 is 12.0 Å². The Kier molecular flexibility index (Phi) is 8.24. The quantitative estimate of drug-likeness (QED) is 0.549. The molecule has 1 aliphatic rings. The summed E-state index contributed by atoms with van der Waals surface area (Å²) in [5.41, 5.74) is 3.39. The second-order valence-corrected chi connectivity index (χ2v) is 7.91. The molecule has 0 bridgehead atoms. The van der Waals surface area contributed by atoms with Crippen molar-refractivity contribution in [3.63, 3.8) is 0 Å². The minimum atomic E-state index is -0.661. The van der Waals surface area contributed by atoms with E-state index in [1.54, 1.807) is 36.9 Å². The van der Waals surface area contributed by atoms with Gasteiger partial charge in [0.1, 0.15) is 0 Å². The van der Waals surface area contributed by atoms with Gasteiger partial charge in [0, 0.05) is 24.4 Å². The van der Waals surface area contributed by atoms with Gasteiger partial charge in [0.2, 0.25) is 5.91 Å². The lowest BCUT2D eigenvalue weighted by molar-refractivity contribution is -0.139. The van der Waals surface area contributed by atoms with E-state index in [0.717, 1.165) is 12.0 Å². The molecule has 3 amide bonds. The molecule has 0 unspecified atom stereocenters. The molecule has 0 aliphatic carbocycles. The zero-order valence-corrected chi connectivity index (χ0v) is 19.4. The average Bonchev–Trinajstić information content (AvgIpc) is 2.81. The van der Waals surface area contributed by atoms with Crippen LogP contribution in [0.25, 0.3) is 0 Å². The third-order valence-corrected chi connectivity index (χ3v) is 5.53. The number of benzene rings is 2. The fraction of sp³-hybridized carbons (Fsp3) is 0.346. The van der Waals surface area contributed by atoms with E-state index >= 15 is 0 Å². The number of esters is 1. The smallest absolute Gasteiger partial charge is 0.338 e. The van der Waals surface area contributed by atoms with Gasteiger partial charge in [-0.15, -0.1) is 0 Å². The summed E-state index contributed by atoms with van der Waals surface area (Å²) in [6, 6.07) is 16.1. The number of carbonyl (C=O) groups excluding carboxylic acids is 3. The van der Waals surface area contributed by atoms with E-state index in [0.29, 0.717) is 41.9 Å². The maximum Gasteiger partial charge on any atom is 0.338 e. The van der Waals surface area contributed by atoms with Crippen molar-refractivity contribution >= 4 is 23.6 Å². The predicted molar refractivity (Wildman–Crippen MR) is 127 cm³/mol. The normalized spacial score (nSPS) is 15.8. The zero-order valence-electron chi connectivity index (χ0n) is 19.4. The minimum Gasteiger partial charge on any atom is -0.463 e. The number of carbonyl (C=O) groups is 3. The molecule has 33 heavy (non-hydrogen) atoms. The van der Waals surface area contributed by atoms with Crippen LogP contribution in [0.4, 0.5) is 10.5 Å². The molecule has 0 spiro atoms. The molecule has 7 nitrogen and oxygen atoms in total. The van der Waals surface area contributed by atoms with Crippen molar-refractivity contribution in [2.75, 3.05) is 18.5 Å². The molecule has 2 aromatic rings. The van der Waals surface area contributed by atoms with Crippen molar-refractivity contribution in [3.8, 4) is 0 Å². The van der Waals surface area contributed by atoms with Crippen LogP contribution in [0.3, 0.4) is 0 Å². The van der Waals surface area contributed by atoms with Gasteiger partial charge in [0.05, 0.1) is 18.2 Å². The second kappa shape index (κ2) is 11.3. The fourth-order valence-corrected chi connectivity index (χ4v) is 3.92. The highest BCUT2D eigenvalue weighted by atomic mass is 16.5. The number of rotatable bonds is 9. The molecule has 0 saturated carbocycles. The molecular weight excluding hydrogens is 418 g/mol. The van der Waals surface area contributed by atoms with Crippen LogP contribution in [0.1, 0.15) is 50.8 Å². The summed E-state index contributed by atoms with van der Waals surface area (Å²) in [4.78, 5) is 39.6. The number of ether oxygens (including phenoxy) is 1. The summed E-state index contributed by atoms with van der Waals surface area (Å²) in [6.45, 7) is 6.23. The molecule has 3 rings (SSSR count). The third-order valence-electron chi connectivity index (χ3n) is 5.53. The number of urea groups is 1. The van der Waals surface area contributed by atoms with Crippen molar-refractivity contribution in [1.29, 1.82) is 0 Å². The van der Waals surface area contributed by atoms with Gasteiger partial charge in [0.25, 0.3) is 0 Å². The number of nitrogens with one attached hydrogen (secondary N) is 2. The monoisotopic (exact) mass is 449 g/mol. The van der Waals surface area contributed by atoms with Crippen LogP contribution in [0, 0.1) is 0 Å². The lowest BCUT2D eigenvalue weighted by Gasteiger charge is -2.35. The molecule has 0 radical (unpaired) electrons. The SMILES string of the molecule is CCCN1C(=O)N[C@@H](c2cccc(NC(=O)CCc3ccccc3)c2)C(C(=O)OCC)=C1C. The largest absolute Gasteiger partial charge is 0.463 e. The van der Waals surface area contributed by atoms with E-state index in [1.165, 1.54) is 0 Å². The first-order valence-corrected chi connectivity index (χ1v) is 11.3. The van der Waals surface area contributed by atoms with E-state index in [4.69, 9.17) is 4.74 Å². The summed E-state index contributed by atoms with van der Waals surface area (Å²) < 4.78 is 5.29. The van der Waals surface area contributed by atoms with E-state index in [2.05, 4.69) is 10.6 Å². The maximum atomic E-state index is 12.8. The number of hydrogen-bond donors (Lipinski definition) is 2. The molecule has 1 aliphatic heterocycles. The van der Waals surface area contributed by atoms with Gasteiger partial charge < -0.3 is 15.4 Å². The number of anilines is 1. The average molecular weight is 450 g/mol. The molecule has 1 heterocycles. The highest BCUT2D eigenvalue weighted by Crippen LogP contribution is 2.32. The Hall–Kier alpha value is -3.61. The number of nitrogens with zero attached hydrogens (tertiary/aromatic N) is 1. The van der Waals surface area contributed by atoms with Crippen LogP contribution in [0.15, 0.2) is 65.9 Å². The van der Waals surface area contributed by atoms with Gasteiger partial charge in [-0.25, -0.2) is 9.59 Å². The standard InChI is InChI=1S/C26H31N3O4/c1-4-16-29-18(3)23(25(31)33-5-2)24(28-26(29)32)20-12-9-13-21(17-20)27-22(30)15-14-19-10-7-6-8-11-19/h6-13,17,24H,4-5,14-16H2,1-3H3,(H,27,30)(H,28,32)/t24-/m0/s1. The summed E-state index contributed by atoms with van der Waals surface area (Å²) in [5.74, 6) is -0.562. The lowest BCUT2D eigenvalue weighted by atomic mass is 9.94. The van der Waals surface area contributed by atoms with E-state index in [9.17, 15) is 14.4 Å². The fourth-order valence-electron chi connectivity index (χ4n) is 3.92. The van der Waals surface area contributed by atoms with Gasteiger partial charge in [-0.3, -0.25) is 9.69 Å². The first kappa shape index (κ1) is 24.0. The molecule has 0 fully saturated rings. The Balaban J connectivity index is 1.81. The Morgan fingerprint density at radius 2 is 1.85 bits per heavy atom. The van der Waals surface area contributed by atoms with Gasteiger partial charge in [-0.2, -0.15) is 0 Å². The number of amides is 3. The number of aryl methyl sites for hydroxylation is 1. The van der Waals surface area contributed by atoms with Crippen LogP contribution < -0.4 is 10.6 Å². The molecule has 2 aromatic carbocycles. The third kappa shape index (κ3) is 6.00. The number of allylic oxidation sites excluding steroid dienone is 1.